The van der Waals surface area contributed by atoms with Crippen molar-refractivity contribution in [2.24, 2.45) is 0 Å². The van der Waals surface area contributed by atoms with E-state index in [-0.39, 0.29) is 30.0 Å². The van der Waals surface area contributed by atoms with Gasteiger partial charge in [0.05, 0.1) is 6.54 Å². The third-order valence-electron chi connectivity index (χ3n) is 3.85. The maximum atomic E-state index is 13.1. The van der Waals surface area contributed by atoms with Gasteiger partial charge >= 0.3 is 6.03 Å². The van der Waals surface area contributed by atoms with Gasteiger partial charge in [-0.05, 0) is 18.6 Å². The van der Waals surface area contributed by atoms with E-state index in [9.17, 15) is 18.4 Å². The van der Waals surface area contributed by atoms with E-state index in [0.29, 0.717) is 18.7 Å². The number of rotatable bonds is 4. The first-order valence-corrected chi connectivity index (χ1v) is 7.52. The number of carbonyl (C=O) groups excluding carboxylic acids is 2. The van der Waals surface area contributed by atoms with Crippen LogP contribution < -0.4 is 10.6 Å². The first-order chi connectivity index (χ1) is 11.9. The number of amides is 3. The van der Waals surface area contributed by atoms with Gasteiger partial charge in [0.15, 0.2) is 17.5 Å². The molecule has 2 N–H and O–H groups in total. The first-order valence-electron chi connectivity index (χ1n) is 7.52. The fourth-order valence-corrected chi connectivity index (χ4v) is 2.48. The van der Waals surface area contributed by atoms with E-state index in [1.807, 2.05) is 0 Å². The van der Waals surface area contributed by atoms with Crippen molar-refractivity contribution in [3.05, 3.63) is 41.5 Å². The molecular weight excluding hydrogens is 336 g/mol. The molecule has 0 radical (unpaired) electrons. The van der Waals surface area contributed by atoms with Crippen LogP contribution in [0.2, 0.25) is 0 Å². The second-order valence-electron chi connectivity index (χ2n) is 5.54. The van der Waals surface area contributed by atoms with E-state index >= 15 is 0 Å². The minimum atomic E-state index is -1.06. The first kappa shape index (κ1) is 16.8. The summed E-state index contributed by atoms with van der Waals surface area (Å²) in [6, 6.07) is 2.12. The number of hydrogen-bond donors (Lipinski definition) is 2. The molecule has 1 atom stereocenters. The van der Waals surface area contributed by atoms with Gasteiger partial charge in [-0.15, -0.1) is 0 Å². The monoisotopic (exact) mass is 351 g/mol. The van der Waals surface area contributed by atoms with Gasteiger partial charge in [-0.1, -0.05) is 5.16 Å². The number of hydrogen-bond acceptors (Lipinski definition) is 5. The van der Waals surface area contributed by atoms with Crippen molar-refractivity contribution in [2.75, 3.05) is 12.4 Å². The molecule has 25 heavy (non-hydrogen) atoms. The molecule has 1 aliphatic heterocycles. The average Bonchev–Trinajstić information content (AvgIpc) is 3.17. The van der Waals surface area contributed by atoms with Crippen LogP contribution in [0.3, 0.4) is 0 Å². The quantitative estimate of drug-likeness (QED) is 0.877. The number of nitrogens with one attached hydrogen (secondary N) is 2. The second-order valence-corrected chi connectivity index (χ2v) is 5.54. The number of benzene rings is 1. The predicted octanol–water partition coefficient (Wildman–Crippen LogP) is 1.96. The van der Waals surface area contributed by atoms with E-state index in [1.54, 1.807) is 11.9 Å². The van der Waals surface area contributed by atoms with E-state index in [0.717, 1.165) is 12.1 Å². The van der Waals surface area contributed by atoms with Crippen molar-refractivity contribution in [3.8, 4) is 0 Å². The molecule has 0 unspecified atom stereocenters. The molecule has 3 amide bonds. The highest BCUT2D eigenvalue weighted by atomic mass is 19.2. The van der Waals surface area contributed by atoms with Crippen LogP contribution in [0.25, 0.3) is 0 Å². The normalized spacial score (nSPS) is 17.0. The number of halogens is 2. The van der Waals surface area contributed by atoms with Crippen LogP contribution in [0.15, 0.2) is 22.7 Å². The van der Waals surface area contributed by atoms with Gasteiger partial charge < -0.3 is 20.1 Å². The Kier molecular flexibility index (Phi) is 4.59. The highest BCUT2D eigenvalue weighted by molar-refractivity contribution is 5.89. The topological polar surface area (TPSA) is 100 Å². The highest BCUT2D eigenvalue weighted by Gasteiger charge is 2.33. The Hall–Kier alpha value is -3.04. The summed E-state index contributed by atoms with van der Waals surface area (Å²) in [6.45, 7) is -0.0244. The molecule has 0 spiro atoms. The Morgan fingerprint density at radius 3 is 2.88 bits per heavy atom. The van der Waals surface area contributed by atoms with Gasteiger partial charge in [-0.3, -0.25) is 4.79 Å². The predicted molar refractivity (Wildman–Crippen MR) is 81.3 cm³/mol. The van der Waals surface area contributed by atoms with Crippen molar-refractivity contribution >= 4 is 17.6 Å². The molecule has 0 aliphatic carbocycles. The molecule has 132 valence electrons. The lowest BCUT2D eigenvalue weighted by atomic mass is 10.2. The number of urea groups is 1. The molecule has 0 saturated carbocycles. The second kappa shape index (κ2) is 6.83. The van der Waals surface area contributed by atoms with Crippen molar-refractivity contribution < 1.29 is 22.9 Å². The Balaban J connectivity index is 1.54. The summed E-state index contributed by atoms with van der Waals surface area (Å²) in [5.41, 5.74) is 0.108. The lowest BCUT2D eigenvalue weighted by molar-refractivity contribution is -0.127. The van der Waals surface area contributed by atoms with Gasteiger partial charge in [-0.2, -0.15) is 4.98 Å². The molecule has 1 saturated heterocycles. The molecular formula is C15H15F2N5O3. The molecule has 1 fully saturated rings. The van der Waals surface area contributed by atoms with E-state index < -0.39 is 17.7 Å². The smallest absolute Gasteiger partial charge is 0.319 e. The molecule has 1 aromatic carbocycles. The standard InChI is InChI=1S/C15H15F2N5O3/c1-22-11(4-5-13(22)23)14-20-12(21-25-14)7-18-15(24)19-8-2-3-9(16)10(17)6-8/h2-3,6,11H,4-5,7H2,1H3,(H2,18,19,24)/t11-/m0/s1. The molecule has 2 aromatic rings. The van der Waals surface area contributed by atoms with Crippen LogP contribution in [0, 0.1) is 11.6 Å². The number of carbonyl (C=O) groups is 2. The largest absolute Gasteiger partial charge is 0.337 e. The summed E-state index contributed by atoms with van der Waals surface area (Å²) in [7, 11) is 1.66. The Morgan fingerprint density at radius 2 is 2.20 bits per heavy atom. The van der Waals surface area contributed by atoms with Crippen LogP contribution in [0.5, 0.6) is 0 Å². The number of aromatic nitrogens is 2. The SMILES string of the molecule is CN1C(=O)CC[C@H]1c1nc(CNC(=O)Nc2ccc(F)c(F)c2)no1. The van der Waals surface area contributed by atoms with Crippen molar-refractivity contribution in [1.82, 2.24) is 20.4 Å². The zero-order chi connectivity index (χ0) is 18.0. The molecule has 3 rings (SSSR count). The Labute approximate surface area is 141 Å². The number of likely N-dealkylation sites (tertiary alicyclic amines) is 1. The molecule has 8 nitrogen and oxygen atoms in total. The fourth-order valence-electron chi connectivity index (χ4n) is 2.48. The summed E-state index contributed by atoms with van der Waals surface area (Å²) in [4.78, 5) is 29.0. The molecule has 2 heterocycles. The summed E-state index contributed by atoms with van der Waals surface area (Å²) in [6.07, 6.45) is 1.02. The van der Waals surface area contributed by atoms with Crippen molar-refractivity contribution in [1.29, 1.82) is 0 Å². The van der Waals surface area contributed by atoms with Gasteiger partial charge in [0.25, 0.3) is 0 Å². The minimum absolute atomic E-state index is 0.00813. The van der Waals surface area contributed by atoms with E-state index in [1.165, 1.54) is 6.07 Å². The summed E-state index contributed by atoms with van der Waals surface area (Å²) < 4.78 is 31.0. The fraction of sp³-hybridized carbons (Fsp3) is 0.333. The minimum Gasteiger partial charge on any atom is -0.337 e. The van der Waals surface area contributed by atoms with Gasteiger partial charge in [0.2, 0.25) is 11.8 Å². The molecule has 10 heteroatoms. The summed E-state index contributed by atoms with van der Waals surface area (Å²) in [5, 5.41) is 8.58. The lowest BCUT2D eigenvalue weighted by Crippen LogP contribution is -2.28. The van der Waals surface area contributed by atoms with Gasteiger partial charge in [-0.25, -0.2) is 13.6 Å². The number of anilines is 1. The Bertz CT molecular complexity index is 810. The zero-order valence-corrected chi connectivity index (χ0v) is 13.3. The maximum absolute atomic E-state index is 13.1. The average molecular weight is 351 g/mol. The lowest BCUT2D eigenvalue weighted by Gasteiger charge is -2.14. The van der Waals surface area contributed by atoms with E-state index in [2.05, 4.69) is 20.8 Å². The molecule has 1 aromatic heterocycles. The third-order valence-corrected chi connectivity index (χ3v) is 3.85. The maximum Gasteiger partial charge on any atom is 0.319 e. The molecule has 0 bridgehead atoms. The highest BCUT2D eigenvalue weighted by Crippen LogP contribution is 2.29. The third kappa shape index (κ3) is 3.73. The summed E-state index contributed by atoms with van der Waals surface area (Å²) >= 11 is 0. The van der Waals surface area contributed by atoms with Gasteiger partial charge in [0.1, 0.15) is 6.04 Å². The van der Waals surface area contributed by atoms with Crippen LogP contribution >= 0.6 is 0 Å². The Morgan fingerprint density at radius 1 is 1.40 bits per heavy atom. The zero-order valence-electron chi connectivity index (χ0n) is 13.3. The molecule has 1 aliphatic rings. The van der Waals surface area contributed by atoms with Crippen molar-refractivity contribution in [3.63, 3.8) is 0 Å². The summed E-state index contributed by atoms with van der Waals surface area (Å²) in [5.74, 6) is -1.50. The van der Waals surface area contributed by atoms with Crippen LogP contribution in [0.1, 0.15) is 30.6 Å². The van der Waals surface area contributed by atoms with Gasteiger partial charge in [0, 0.05) is 25.2 Å². The van der Waals surface area contributed by atoms with Crippen LogP contribution in [-0.2, 0) is 11.3 Å². The van der Waals surface area contributed by atoms with Crippen LogP contribution in [-0.4, -0.2) is 34.0 Å². The van der Waals surface area contributed by atoms with E-state index in [4.69, 9.17) is 4.52 Å². The van der Waals surface area contributed by atoms with Crippen LogP contribution in [0.4, 0.5) is 19.3 Å². The number of nitrogens with zero attached hydrogens (tertiary/aromatic N) is 3. The van der Waals surface area contributed by atoms with Crippen molar-refractivity contribution in [2.45, 2.75) is 25.4 Å².